The van der Waals surface area contributed by atoms with E-state index in [2.05, 4.69) is 5.32 Å². The number of benzene rings is 2. The van der Waals surface area contributed by atoms with Gasteiger partial charge < -0.3 is 19.5 Å². The van der Waals surface area contributed by atoms with Crippen LogP contribution in [0.15, 0.2) is 42.5 Å². The van der Waals surface area contributed by atoms with Crippen LogP contribution in [0.4, 0.5) is 5.69 Å². The lowest BCUT2D eigenvalue weighted by Crippen LogP contribution is -2.31. The molecule has 2 aromatic rings. The van der Waals surface area contributed by atoms with E-state index in [1.54, 1.807) is 36.4 Å². The largest absolute Gasteiger partial charge is 0.494 e. The smallest absolute Gasteiger partial charge is 0.344 e. The average Bonchev–Trinajstić information content (AvgIpc) is 2.63. The molecule has 0 aliphatic rings. The maximum atomic E-state index is 12.1. The Bertz CT molecular complexity index is 795. The third-order valence-electron chi connectivity index (χ3n) is 3.36. The van der Waals surface area contributed by atoms with Gasteiger partial charge in [-0.3, -0.25) is 4.79 Å². The molecule has 0 spiro atoms. The Balaban J connectivity index is 1.81. The topological polar surface area (TPSA) is 73.9 Å². The van der Waals surface area contributed by atoms with Crippen molar-refractivity contribution in [1.29, 1.82) is 0 Å². The summed E-state index contributed by atoms with van der Waals surface area (Å²) < 4.78 is 15.7. The number of esters is 1. The molecule has 1 amide bonds. The van der Waals surface area contributed by atoms with E-state index >= 15 is 0 Å². The second kappa shape index (κ2) is 10.0. The first kappa shape index (κ1) is 20.9. The van der Waals surface area contributed by atoms with Crippen LogP contribution < -0.4 is 14.8 Å². The molecule has 0 radical (unpaired) electrons. The molecule has 0 fully saturated rings. The van der Waals surface area contributed by atoms with E-state index in [9.17, 15) is 9.59 Å². The first-order valence-corrected chi connectivity index (χ1v) is 8.95. The molecule has 0 bridgehead atoms. The molecule has 2 rings (SSSR count). The lowest BCUT2D eigenvalue weighted by Gasteiger charge is -2.14. The first-order valence-electron chi connectivity index (χ1n) is 8.20. The zero-order valence-corrected chi connectivity index (χ0v) is 16.3. The van der Waals surface area contributed by atoms with E-state index in [1.807, 2.05) is 6.92 Å². The van der Waals surface area contributed by atoms with E-state index in [0.29, 0.717) is 28.8 Å². The predicted molar refractivity (Wildman–Crippen MR) is 104 cm³/mol. The van der Waals surface area contributed by atoms with Crippen LogP contribution in [0.5, 0.6) is 11.5 Å². The summed E-state index contributed by atoms with van der Waals surface area (Å²) in [6.45, 7) is 3.58. The van der Waals surface area contributed by atoms with Crippen molar-refractivity contribution >= 4 is 40.8 Å². The van der Waals surface area contributed by atoms with Gasteiger partial charge in [-0.2, -0.15) is 0 Å². The SMILES string of the molecule is CCOc1ccc(OCC(=O)O[C@H](C)C(=O)Nc2ccc(Cl)cc2Cl)cc1. The number of hydrogen-bond acceptors (Lipinski definition) is 5. The van der Waals surface area contributed by atoms with Gasteiger partial charge in [-0.05, 0) is 56.3 Å². The molecule has 0 aliphatic heterocycles. The van der Waals surface area contributed by atoms with Gasteiger partial charge in [0.2, 0.25) is 0 Å². The van der Waals surface area contributed by atoms with Gasteiger partial charge in [0.25, 0.3) is 5.91 Å². The molecule has 0 heterocycles. The van der Waals surface area contributed by atoms with Gasteiger partial charge in [-0.1, -0.05) is 23.2 Å². The summed E-state index contributed by atoms with van der Waals surface area (Å²) in [5.41, 5.74) is 0.375. The number of amides is 1. The normalized spacial score (nSPS) is 11.4. The molecule has 0 aromatic heterocycles. The molecule has 1 atom stereocenters. The summed E-state index contributed by atoms with van der Waals surface area (Å²) in [6.07, 6.45) is -1.02. The summed E-state index contributed by atoms with van der Waals surface area (Å²) in [4.78, 5) is 24.0. The van der Waals surface area contributed by atoms with Crippen LogP contribution in [0.2, 0.25) is 10.0 Å². The van der Waals surface area contributed by atoms with Gasteiger partial charge >= 0.3 is 5.97 Å². The fraction of sp³-hybridized carbons (Fsp3) is 0.263. The van der Waals surface area contributed by atoms with Crippen LogP contribution in [0, 0.1) is 0 Å². The second-order valence-corrected chi connectivity index (χ2v) is 6.28. The van der Waals surface area contributed by atoms with E-state index in [4.69, 9.17) is 37.4 Å². The van der Waals surface area contributed by atoms with Gasteiger partial charge in [-0.15, -0.1) is 0 Å². The molecule has 8 heteroatoms. The molecule has 27 heavy (non-hydrogen) atoms. The Hall–Kier alpha value is -2.44. The Morgan fingerprint density at radius 3 is 2.26 bits per heavy atom. The van der Waals surface area contributed by atoms with Crippen LogP contribution in [0.25, 0.3) is 0 Å². The molecule has 0 unspecified atom stereocenters. The molecular formula is C19H19Cl2NO5. The Morgan fingerprint density at radius 2 is 1.67 bits per heavy atom. The van der Waals surface area contributed by atoms with Gasteiger partial charge in [0.15, 0.2) is 12.7 Å². The quantitative estimate of drug-likeness (QED) is 0.653. The summed E-state index contributed by atoms with van der Waals surface area (Å²) in [5, 5.41) is 3.31. The number of nitrogens with one attached hydrogen (secondary N) is 1. The molecular weight excluding hydrogens is 393 g/mol. The predicted octanol–water partition coefficient (Wildman–Crippen LogP) is 4.34. The summed E-state index contributed by atoms with van der Waals surface area (Å²) >= 11 is 11.8. The summed E-state index contributed by atoms with van der Waals surface area (Å²) in [5.74, 6) is 0.00131. The number of halogens is 2. The minimum Gasteiger partial charge on any atom is -0.494 e. The number of carbonyl (C=O) groups is 2. The zero-order valence-electron chi connectivity index (χ0n) is 14.8. The highest BCUT2D eigenvalue weighted by atomic mass is 35.5. The van der Waals surface area contributed by atoms with E-state index in [1.165, 1.54) is 13.0 Å². The van der Waals surface area contributed by atoms with Crippen LogP contribution in [-0.4, -0.2) is 31.2 Å². The van der Waals surface area contributed by atoms with E-state index < -0.39 is 18.0 Å². The monoisotopic (exact) mass is 411 g/mol. The third-order valence-corrected chi connectivity index (χ3v) is 3.91. The van der Waals surface area contributed by atoms with E-state index in [-0.39, 0.29) is 11.6 Å². The fourth-order valence-electron chi connectivity index (χ4n) is 2.05. The minimum atomic E-state index is -1.02. The lowest BCUT2D eigenvalue weighted by atomic mass is 10.3. The number of carbonyl (C=O) groups excluding carboxylic acids is 2. The Kier molecular flexibility index (Phi) is 7.76. The summed E-state index contributed by atoms with van der Waals surface area (Å²) in [7, 11) is 0. The molecule has 0 aliphatic carbocycles. The highest BCUT2D eigenvalue weighted by Crippen LogP contribution is 2.25. The first-order chi connectivity index (χ1) is 12.9. The third kappa shape index (κ3) is 6.66. The van der Waals surface area contributed by atoms with Crippen molar-refractivity contribution in [2.45, 2.75) is 20.0 Å². The van der Waals surface area contributed by atoms with Gasteiger partial charge in [0.05, 0.1) is 17.3 Å². The fourth-order valence-corrected chi connectivity index (χ4v) is 2.51. The van der Waals surface area contributed by atoms with Crippen LogP contribution >= 0.6 is 23.2 Å². The maximum Gasteiger partial charge on any atom is 0.344 e. The maximum absolute atomic E-state index is 12.1. The standard InChI is InChI=1S/C19H19Cl2NO5/c1-3-25-14-5-7-15(8-6-14)26-11-18(23)27-12(2)19(24)22-17-9-4-13(20)10-16(17)21/h4-10,12H,3,11H2,1-2H3,(H,22,24)/t12-/m1/s1. The highest BCUT2D eigenvalue weighted by molar-refractivity contribution is 6.36. The molecule has 6 nitrogen and oxygen atoms in total. The molecule has 144 valence electrons. The number of rotatable bonds is 8. The molecule has 0 saturated heterocycles. The number of anilines is 1. The summed E-state index contributed by atoms with van der Waals surface area (Å²) in [6, 6.07) is 11.5. The lowest BCUT2D eigenvalue weighted by molar-refractivity contribution is -0.155. The van der Waals surface area contributed by atoms with Gasteiger partial charge in [-0.25, -0.2) is 4.79 Å². The molecule has 1 N–H and O–H groups in total. The minimum absolute atomic E-state index is 0.285. The van der Waals surface area contributed by atoms with Crippen LogP contribution in [0.3, 0.4) is 0 Å². The van der Waals surface area contributed by atoms with Gasteiger partial charge in [0, 0.05) is 5.02 Å². The van der Waals surface area contributed by atoms with Crippen molar-refractivity contribution in [3.05, 3.63) is 52.5 Å². The van der Waals surface area contributed by atoms with Crippen molar-refractivity contribution in [2.75, 3.05) is 18.5 Å². The number of hydrogen-bond donors (Lipinski definition) is 1. The molecule has 0 saturated carbocycles. The molecule has 2 aromatic carbocycles. The van der Waals surface area contributed by atoms with Crippen molar-refractivity contribution in [1.82, 2.24) is 0 Å². The Labute approximate surface area is 167 Å². The Morgan fingerprint density at radius 1 is 1.04 bits per heavy atom. The number of ether oxygens (including phenoxy) is 3. The van der Waals surface area contributed by atoms with Gasteiger partial charge in [0.1, 0.15) is 11.5 Å². The zero-order chi connectivity index (χ0) is 19.8. The highest BCUT2D eigenvalue weighted by Gasteiger charge is 2.19. The van der Waals surface area contributed by atoms with Crippen LogP contribution in [-0.2, 0) is 14.3 Å². The average molecular weight is 412 g/mol. The van der Waals surface area contributed by atoms with Crippen molar-refractivity contribution < 1.29 is 23.8 Å². The van der Waals surface area contributed by atoms with Crippen molar-refractivity contribution in [3.8, 4) is 11.5 Å². The van der Waals surface area contributed by atoms with E-state index in [0.717, 1.165) is 0 Å². The van der Waals surface area contributed by atoms with Crippen LogP contribution in [0.1, 0.15) is 13.8 Å². The van der Waals surface area contributed by atoms with Crippen molar-refractivity contribution in [3.63, 3.8) is 0 Å². The van der Waals surface area contributed by atoms with Crippen molar-refractivity contribution in [2.24, 2.45) is 0 Å². The second-order valence-electron chi connectivity index (χ2n) is 5.44.